The van der Waals surface area contributed by atoms with Crippen LogP contribution in [-0.4, -0.2) is 9.38 Å². The Bertz CT molecular complexity index is 877. The minimum Gasteiger partial charge on any atom is -0.282 e. The number of hydrogen-bond donors (Lipinski definition) is 0. The molecule has 0 radical (unpaired) electrons. The summed E-state index contributed by atoms with van der Waals surface area (Å²) in [7, 11) is 0. The fourth-order valence-electron chi connectivity index (χ4n) is 2.34. The minimum atomic E-state index is 0.899. The third-order valence-corrected chi connectivity index (χ3v) is 4.73. The largest absolute Gasteiger partial charge is 0.282 e. The molecular formula is C15H9BrN2S. The number of imidazole rings is 1. The maximum absolute atomic E-state index is 4.62. The molecule has 0 amide bonds. The maximum atomic E-state index is 4.62. The van der Waals surface area contributed by atoms with Crippen molar-refractivity contribution >= 4 is 42.4 Å². The van der Waals surface area contributed by atoms with Crippen molar-refractivity contribution in [3.05, 3.63) is 59.2 Å². The number of aromatic nitrogens is 2. The normalized spacial score (nSPS) is 11.4. The fraction of sp³-hybridized carbons (Fsp3) is 0. The predicted octanol–water partition coefficient (Wildman–Crippen LogP) is 4.98. The molecule has 0 saturated heterocycles. The number of para-hydroxylation sites is 1. The molecule has 0 bridgehead atoms. The molecule has 4 rings (SSSR count). The molecule has 0 aliphatic rings. The summed E-state index contributed by atoms with van der Waals surface area (Å²) < 4.78 is 4.38. The second-order valence-electron chi connectivity index (χ2n) is 4.31. The average molecular weight is 329 g/mol. The van der Waals surface area contributed by atoms with Crippen LogP contribution in [0.3, 0.4) is 0 Å². The molecule has 0 unspecified atom stereocenters. The van der Waals surface area contributed by atoms with Crippen LogP contribution in [0, 0.1) is 0 Å². The predicted molar refractivity (Wildman–Crippen MR) is 83.7 cm³/mol. The van der Waals surface area contributed by atoms with Gasteiger partial charge in [-0.1, -0.05) is 53.8 Å². The number of nitrogens with zero attached hydrogens (tertiary/aromatic N) is 2. The maximum Gasteiger partial charge on any atom is 0.196 e. The van der Waals surface area contributed by atoms with Crippen molar-refractivity contribution in [2.45, 2.75) is 0 Å². The second-order valence-corrected chi connectivity index (χ2v) is 6.07. The number of hydrogen-bond acceptors (Lipinski definition) is 2. The molecule has 2 aromatic heterocycles. The summed E-state index contributed by atoms with van der Waals surface area (Å²) in [4.78, 5) is 5.65. The Morgan fingerprint density at radius 1 is 0.947 bits per heavy atom. The lowest BCUT2D eigenvalue weighted by atomic mass is 10.2. The molecule has 2 heterocycles. The van der Waals surface area contributed by atoms with Gasteiger partial charge in [0.05, 0.1) is 15.9 Å². The van der Waals surface area contributed by atoms with Gasteiger partial charge in [0.1, 0.15) is 4.60 Å². The van der Waals surface area contributed by atoms with Crippen LogP contribution >= 0.6 is 27.3 Å². The van der Waals surface area contributed by atoms with E-state index in [1.54, 1.807) is 11.3 Å². The molecule has 0 aliphatic carbocycles. The summed E-state index contributed by atoms with van der Waals surface area (Å²) in [6, 6.07) is 18.8. The molecule has 0 fully saturated rings. The molecule has 2 nitrogen and oxygen atoms in total. The topological polar surface area (TPSA) is 17.3 Å². The average Bonchev–Trinajstić information content (AvgIpc) is 2.94. The van der Waals surface area contributed by atoms with Crippen molar-refractivity contribution < 1.29 is 0 Å². The smallest absolute Gasteiger partial charge is 0.196 e. The third kappa shape index (κ3) is 1.64. The standard InChI is InChI=1S/C15H9BrN2S/c16-14-13(10-6-2-1-3-7-10)18-11-8-4-5-9-12(11)19-15(18)17-14/h1-9H. The molecule has 0 atom stereocenters. The van der Waals surface area contributed by atoms with E-state index in [0.717, 1.165) is 15.3 Å². The molecule has 0 spiro atoms. The Morgan fingerprint density at radius 2 is 1.68 bits per heavy atom. The van der Waals surface area contributed by atoms with Crippen molar-refractivity contribution in [3.63, 3.8) is 0 Å². The van der Waals surface area contributed by atoms with E-state index in [2.05, 4.69) is 73.8 Å². The van der Waals surface area contributed by atoms with Crippen molar-refractivity contribution in [1.82, 2.24) is 9.38 Å². The van der Waals surface area contributed by atoms with Gasteiger partial charge in [0.2, 0.25) is 0 Å². The molecular weight excluding hydrogens is 320 g/mol. The summed E-state index contributed by atoms with van der Waals surface area (Å²) in [6.07, 6.45) is 0. The number of halogens is 1. The first-order valence-corrected chi connectivity index (χ1v) is 7.56. The van der Waals surface area contributed by atoms with E-state index in [9.17, 15) is 0 Å². The van der Waals surface area contributed by atoms with Gasteiger partial charge in [-0.15, -0.1) is 0 Å². The monoisotopic (exact) mass is 328 g/mol. The molecule has 92 valence electrons. The zero-order chi connectivity index (χ0) is 12.8. The first-order valence-electron chi connectivity index (χ1n) is 5.95. The van der Waals surface area contributed by atoms with E-state index in [1.165, 1.54) is 15.8 Å². The lowest BCUT2D eigenvalue weighted by Gasteiger charge is -2.01. The van der Waals surface area contributed by atoms with E-state index >= 15 is 0 Å². The highest BCUT2D eigenvalue weighted by Gasteiger charge is 2.16. The molecule has 0 aliphatic heterocycles. The number of thiazole rings is 1. The summed E-state index contributed by atoms with van der Waals surface area (Å²) in [5, 5.41) is 0. The Kier molecular flexibility index (Phi) is 2.47. The van der Waals surface area contributed by atoms with E-state index in [0.29, 0.717) is 0 Å². The Balaban J connectivity index is 2.17. The van der Waals surface area contributed by atoms with Crippen molar-refractivity contribution in [3.8, 4) is 11.3 Å². The number of rotatable bonds is 1. The third-order valence-electron chi connectivity index (χ3n) is 3.16. The van der Waals surface area contributed by atoms with Gasteiger partial charge in [0, 0.05) is 5.56 Å². The molecule has 4 heteroatoms. The van der Waals surface area contributed by atoms with Crippen LogP contribution < -0.4 is 0 Å². The van der Waals surface area contributed by atoms with Crippen LogP contribution in [-0.2, 0) is 0 Å². The number of fused-ring (bicyclic) bond motifs is 3. The Labute approximate surface area is 122 Å². The second kappa shape index (κ2) is 4.18. The van der Waals surface area contributed by atoms with Crippen LogP contribution in [0.4, 0.5) is 0 Å². The van der Waals surface area contributed by atoms with Gasteiger partial charge in [-0.25, -0.2) is 4.98 Å². The van der Waals surface area contributed by atoms with Gasteiger partial charge in [-0.2, -0.15) is 0 Å². The lowest BCUT2D eigenvalue weighted by molar-refractivity contribution is 1.29. The SMILES string of the molecule is Brc1nc2sc3ccccc3n2c1-c1ccccc1. The van der Waals surface area contributed by atoms with Crippen LogP contribution in [0.25, 0.3) is 26.4 Å². The molecule has 0 N–H and O–H groups in total. The van der Waals surface area contributed by atoms with Crippen molar-refractivity contribution in [1.29, 1.82) is 0 Å². The van der Waals surface area contributed by atoms with Gasteiger partial charge >= 0.3 is 0 Å². The summed E-state index contributed by atoms with van der Waals surface area (Å²) in [5.41, 5.74) is 3.50. The lowest BCUT2D eigenvalue weighted by Crippen LogP contribution is -1.86. The van der Waals surface area contributed by atoms with Gasteiger partial charge in [-0.05, 0) is 28.1 Å². The molecule has 2 aromatic carbocycles. The van der Waals surface area contributed by atoms with Crippen LogP contribution in [0.2, 0.25) is 0 Å². The Hall–Kier alpha value is -1.65. The van der Waals surface area contributed by atoms with Gasteiger partial charge < -0.3 is 0 Å². The highest BCUT2D eigenvalue weighted by molar-refractivity contribution is 9.10. The van der Waals surface area contributed by atoms with Crippen molar-refractivity contribution in [2.24, 2.45) is 0 Å². The van der Waals surface area contributed by atoms with E-state index < -0.39 is 0 Å². The van der Waals surface area contributed by atoms with E-state index in [1.807, 2.05) is 6.07 Å². The first kappa shape index (κ1) is 11.2. The molecule has 0 saturated carbocycles. The van der Waals surface area contributed by atoms with Crippen molar-refractivity contribution in [2.75, 3.05) is 0 Å². The summed E-state index contributed by atoms with van der Waals surface area (Å²) in [5.74, 6) is 0. The van der Waals surface area contributed by atoms with E-state index in [-0.39, 0.29) is 0 Å². The molecule has 4 aromatic rings. The summed E-state index contributed by atoms with van der Waals surface area (Å²) in [6.45, 7) is 0. The number of benzene rings is 2. The molecule has 19 heavy (non-hydrogen) atoms. The van der Waals surface area contributed by atoms with Crippen LogP contribution in [0.1, 0.15) is 0 Å². The first-order chi connectivity index (χ1) is 9.34. The highest BCUT2D eigenvalue weighted by atomic mass is 79.9. The van der Waals surface area contributed by atoms with Crippen LogP contribution in [0.15, 0.2) is 59.2 Å². The zero-order valence-electron chi connectivity index (χ0n) is 9.88. The Morgan fingerprint density at radius 3 is 2.53 bits per heavy atom. The summed E-state index contributed by atoms with van der Waals surface area (Å²) >= 11 is 5.30. The fourth-order valence-corrected chi connectivity index (χ4v) is 4.05. The zero-order valence-corrected chi connectivity index (χ0v) is 12.3. The quantitative estimate of drug-likeness (QED) is 0.481. The van der Waals surface area contributed by atoms with E-state index in [4.69, 9.17) is 0 Å². The highest BCUT2D eigenvalue weighted by Crippen LogP contribution is 2.35. The van der Waals surface area contributed by atoms with Gasteiger partial charge in [0.25, 0.3) is 0 Å². The van der Waals surface area contributed by atoms with Crippen LogP contribution in [0.5, 0.6) is 0 Å². The van der Waals surface area contributed by atoms with Gasteiger partial charge in [-0.3, -0.25) is 4.40 Å². The minimum absolute atomic E-state index is 0.899. The van der Waals surface area contributed by atoms with Gasteiger partial charge in [0.15, 0.2) is 4.96 Å².